The van der Waals surface area contributed by atoms with E-state index >= 15 is 0 Å². The van der Waals surface area contributed by atoms with Crippen molar-refractivity contribution in [1.82, 2.24) is 10.2 Å². The summed E-state index contributed by atoms with van der Waals surface area (Å²) in [5.74, 6) is 0.567. The molecule has 1 aliphatic carbocycles. The number of hydrogen-bond donors (Lipinski definition) is 2. The third-order valence-electron chi connectivity index (χ3n) is 3.62. The summed E-state index contributed by atoms with van der Waals surface area (Å²) in [6.07, 6.45) is 6.29. The molecule has 0 amide bonds. The highest BCUT2D eigenvalue weighted by Gasteiger charge is 2.43. The molecule has 1 aliphatic heterocycles. The molecular weight excluding hydrogens is 190 g/mol. The predicted octanol–water partition coefficient (Wildman–Crippen LogP) is 1.25. The number of H-pyrrole nitrogens is 1. The molecule has 82 valence electrons. The van der Waals surface area contributed by atoms with E-state index in [1.54, 1.807) is 0 Å². The second kappa shape index (κ2) is 3.32. The van der Waals surface area contributed by atoms with Gasteiger partial charge in [0.25, 0.3) is 0 Å². The number of aromatic amines is 1. The molecule has 3 N–H and O–H groups in total. The Morgan fingerprint density at radius 1 is 1.40 bits per heavy atom. The van der Waals surface area contributed by atoms with E-state index in [0.717, 1.165) is 38.9 Å². The van der Waals surface area contributed by atoms with Crippen LogP contribution in [0.4, 0.5) is 0 Å². The topological polar surface area (TPSA) is 63.9 Å². The van der Waals surface area contributed by atoms with Gasteiger partial charge in [-0.1, -0.05) is 0 Å². The van der Waals surface area contributed by atoms with Gasteiger partial charge in [0.15, 0.2) is 0 Å². The summed E-state index contributed by atoms with van der Waals surface area (Å²) < 4.78 is 5.37. The Balaban J connectivity index is 1.87. The van der Waals surface area contributed by atoms with Crippen LogP contribution in [0.3, 0.4) is 0 Å². The lowest BCUT2D eigenvalue weighted by atomic mass is 9.91. The molecule has 3 rings (SSSR count). The maximum Gasteiger partial charge on any atom is 0.0540 e. The van der Waals surface area contributed by atoms with Gasteiger partial charge in [0.1, 0.15) is 0 Å². The minimum absolute atomic E-state index is 0.0688. The van der Waals surface area contributed by atoms with E-state index in [1.165, 1.54) is 11.3 Å². The van der Waals surface area contributed by atoms with Crippen molar-refractivity contribution in [1.29, 1.82) is 0 Å². The summed E-state index contributed by atoms with van der Waals surface area (Å²) in [6.45, 7) is 1.72. The van der Waals surface area contributed by atoms with Gasteiger partial charge in [-0.25, -0.2) is 0 Å². The van der Waals surface area contributed by atoms with Crippen LogP contribution in [0.1, 0.15) is 42.9 Å². The fourth-order valence-corrected chi connectivity index (χ4v) is 2.39. The van der Waals surface area contributed by atoms with Gasteiger partial charge < -0.3 is 10.5 Å². The molecule has 0 radical (unpaired) electrons. The maximum atomic E-state index is 6.23. The Hall–Kier alpha value is -0.870. The fourth-order valence-electron chi connectivity index (χ4n) is 2.39. The van der Waals surface area contributed by atoms with Crippen molar-refractivity contribution < 1.29 is 4.74 Å². The molecule has 0 spiro atoms. The van der Waals surface area contributed by atoms with Crippen molar-refractivity contribution in [2.45, 2.75) is 37.1 Å². The third-order valence-corrected chi connectivity index (χ3v) is 3.62. The van der Waals surface area contributed by atoms with Crippen LogP contribution >= 0.6 is 0 Å². The molecule has 2 aliphatic rings. The first-order chi connectivity index (χ1) is 7.30. The Labute approximate surface area is 89.2 Å². The molecule has 15 heavy (non-hydrogen) atoms. The minimum Gasteiger partial charge on any atom is -0.381 e. The van der Waals surface area contributed by atoms with Gasteiger partial charge in [-0.3, -0.25) is 5.10 Å². The van der Waals surface area contributed by atoms with Gasteiger partial charge in [-0.2, -0.15) is 5.10 Å². The van der Waals surface area contributed by atoms with Crippen molar-refractivity contribution in [3.63, 3.8) is 0 Å². The highest BCUT2D eigenvalue weighted by atomic mass is 16.5. The molecule has 2 heterocycles. The maximum absolute atomic E-state index is 6.23. The zero-order chi connectivity index (χ0) is 10.3. The molecular formula is C11H17N3O. The molecule has 2 fully saturated rings. The van der Waals surface area contributed by atoms with Crippen LogP contribution in [0.15, 0.2) is 6.20 Å². The van der Waals surface area contributed by atoms with Crippen LogP contribution in [0.5, 0.6) is 0 Å². The molecule has 1 saturated heterocycles. The normalized spacial score (nSPS) is 25.4. The largest absolute Gasteiger partial charge is 0.381 e. The summed E-state index contributed by atoms with van der Waals surface area (Å²) >= 11 is 0. The fraction of sp³-hybridized carbons (Fsp3) is 0.727. The van der Waals surface area contributed by atoms with Crippen molar-refractivity contribution in [2.24, 2.45) is 5.73 Å². The number of ether oxygens (including phenoxy) is 1. The second-order valence-corrected chi connectivity index (χ2v) is 4.74. The molecule has 1 aromatic rings. The number of rotatable bonds is 2. The second-order valence-electron chi connectivity index (χ2n) is 4.74. The van der Waals surface area contributed by atoms with Gasteiger partial charge in [0, 0.05) is 35.9 Å². The van der Waals surface area contributed by atoms with Crippen molar-refractivity contribution >= 4 is 0 Å². The summed E-state index contributed by atoms with van der Waals surface area (Å²) in [7, 11) is 0. The highest BCUT2D eigenvalue weighted by molar-refractivity contribution is 5.33. The zero-order valence-corrected chi connectivity index (χ0v) is 8.83. The van der Waals surface area contributed by atoms with Crippen molar-refractivity contribution in [3.8, 4) is 0 Å². The van der Waals surface area contributed by atoms with Crippen LogP contribution in [0.2, 0.25) is 0 Å². The predicted molar refractivity (Wildman–Crippen MR) is 56.5 cm³/mol. The van der Waals surface area contributed by atoms with E-state index in [1.807, 2.05) is 6.20 Å². The highest BCUT2D eigenvalue weighted by Crippen LogP contribution is 2.45. The first-order valence-electron chi connectivity index (χ1n) is 5.70. The van der Waals surface area contributed by atoms with E-state index in [-0.39, 0.29) is 5.54 Å². The average molecular weight is 207 g/mol. The van der Waals surface area contributed by atoms with Crippen LogP contribution in [-0.4, -0.2) is 23.4 Å². The SMILES string of the molecule is NC1(c2cn[nH]c2C2CCOCC2)CC1. The Bertz CT molecular complexity index is 350. The van der Waals surface area contributed by atoms with Gasteiger partial charge in [-0.05, 0) is 25.7 Å². The van der Waals surface area contributed by atoms with E-state index in [9.17, 15) is 0 Å². The van der Waals surface area contributed by atoms with E-state index < -0.39 is 0 Å². The molecule has 4 heteroatoms. The quantitative estimate of drug-likeness (QED) is 0.767. The lowest BCUT2D eigenvalue weighted by Crippen LogP contribution is -2.23. The van der Waals surface area contributed by atoms with Gasteiger partial charge in [0.05, 0.1) is 6.20 Å². The minimum atomic E-state index is -0.0688. The van der Waals surface area contributed by atoms with Crippen molar-refractivity contribution in [3.05, 3.63) is 17.5 Å². The summed E-state index contributed by atoms with van der Waals surface area (Å²) in [5, 5.41) is 7.29. The lowest BCUT2D eigenvalue weighted by Gasteiger charge is -2.23. The van der Waals surface area contributed by atoms with Crippen LogP contribution < -0.4 is 5.73 Å². The van der Waals surface area contributed by atoms with Gasteiger partial charge >= 0.3 is 0 Å². The van der Waals surface area contributed by atoms with E-state index in [2.05, 4.69) is 10.2 Å². The molecule has 0 unspecified atom stereocenters. The molecule has 1 saturated carbocycles. The van der Waals surface area contributed by atoms with Crippen molar-refractivity contribution in [2.75, 3.05) is 13.2 Å². The molecule has 1 aromatic heterocycles. The smallest absolute Gasteiger partial charge is 0.0540 e. The standard InChI is InChI=1S/C11H17N3O/c12-11(3-4-11)9-7-13-14-10(9)8-1-5-15-6-2-8/h7-8H,1-6,12H2,(H,13,14). The van der Waals surface area contributed by atoms with Crippen LogP contribution in [0.25, 0.3) is 0 Å². The van der Waals surface area contributed by atoms with Crippen LogP contribution in [0, 0.1) is 0 Å². The zero-order valence-electron chi connectivity index (χ0n) is 8.83. The average Bonchev–Trinajstić information content (AvgIpc) is 2.85. The molecule has 4 nitrogen and oxygen atoms in total. The first kappa shape index (κ1) is 9.36. The molecule has 0 bridgehead atoms. The van der Waals surface area contributed by atoms with Gasteiger partial charge in [-0.15, -0.1) is 0 Å². The summed E-state index contributed by atoms with van der Waals surface area (Å²) in [6, 6.07) is 0. The summed E-state index contributed by atoms with van der Waals surface area (Å²) in [4.78, 5) is 0. The number of nitrogens with zero attached hydrogens (tertiary/aromatic N) is 1. The number of hydrogen-bond acceptors (Lipinski definition) is 3. The Morgan fingerprint density at radius 3 is 2.80 bits per heavy atom. The van der Waals surface area contributed by atoms with E-state index in [0.29, 0.717) is 5.92 Å². The number of aromatic nitrogens is 2. The summed E-state index contributed by atoms with van der Waals surface area (Å²) in [5.41, 5.74) is 8.67. The van der Waals surface area contributed by atoms with Gasteiger partial charge in [0.2, 0.25) is 0 Å². The van der Waals surface area contributed by atoms with E-state index in [4.69, 9.17) is 10.5 Å². The Kier molecular flexibility index (Phi) is 2.07. The molecule has 0 aromatic carbocycles. The monoisotopic (exact) mass is 207 g/mol. The molecule has 0 atom stereocenters. The lowest BCUT2D eigenvalue weighted by molar-refractivity contribution is 0.0842. The first-order valence-corrected chi connectivity index (χ1v) is 5.70. The van der Waals surface area contributed by atoms with Crippen LogP contribution in [-0.2, 0) is 10.3 Å². The Morgan fingerprint density at radius 2 is 2.13 bits per heavy atom. The number of nitrogens with one attached hydrogen (secondary N) is 1. The number of nitrogens with two attached hydrogens (primary N) is 1. The third kappa shape index (κ3) is 1.58.